The second kappa shape index (κ2) is 7.91. The van der Waals surface area contributed by atoms with E-state index in [1.165, 1.54) is 37.7 Å². The highest BCUT2D eigenvalue weighted by atomic mass is 35.5. The second-order valence-electron chi connectivity index (χ2n) is 5.63. The van der Waals surface area contributed by atoms with Gasteiger partial charge in [0.05, 0.1) is 36.6 Å². The topological polar surface area (TPSA) is 123 Å². The van der Waals surface area contributed by atoms with Crippen molar-refractivity contribution in [3.05, 3.63) is 58.9 Å². The summed E-state index contributed by atoms with van der Waals surface area (Å²) in [5.74, 6) is 0. The van der Waals surface area contributed by atoms with Gasteiger partial charge in [-0.25, -0.2) is 19.7 Å². The number of rotatable bonds is 5. The Bertz CT molecular complexity index is 1010. The van der Waals surface area contributed by atoms with Gasteiger partial charge in [0.15, 0.2) is 5.69 Å². The molecule has 0 bridgehead atoms. The maximum atomic E-state index is 13.0. The predicted octanol–water partition coefficient (Wildman–Crippen LogP) is 2.95. The van der Waals surface area contributed by atoms with Crippen LogP contribution in [-0.4, -0.2) is 38.3 Å². The number of nitrogens with zero attached hydrogens (tertiary/aromatic N) is 5. The van der Waals surface area contributed by atoms with E-state index in [1.54, 1.807) is 0 Å². The molecule has 3 N–H and O–H groups in total. The van der Waals surface area contributed by atoms with Gasteiger partial charge in [-0.3, -0.25) is 10.00 Å². The Kier molecular flexibility index (Phi) is 5.55. The molecule has 0 radical (unpaired) electrons. The van der Waals surface area contributed by atoms with E-state index in [0.717, 1.165) is 11.0 Å². The summed E-state index contributed by atoms with van der Waals surface area (Å²) in [6.07, 6.45) is -2.23. The van der Waals surface area contributed by atoms with Crippen molar-refractivity contribution in [3.63, 3.8) is 0 Å². The summed E-state index contributed by atoms with van der Waals surface area (Å²) in [4.78, 5) is 25.1. The van der Waals surface area contributed by atoms with E-state index in [-0.39, 0.29) is 28.2 Å². The molecule has 1 unspecified atom stereocenters. The number of pyridine rings is 1. The number of amides is 2. The van der Waals surface area contributed by atoms with Crippen LogP contribution >= 0.6 is 11.6 Å². The maximum absolute atomic E-state index is 13.0. The number of nitrogens with one attached hydrogen (secondary N) is 1. The number of hydrogen-bond acceptors (Lipinski definition) is 6. The first-order valence-corrected chi connectivity index (χ1v) is 8.28. The Morgan fingerprint density at radius 1 is 1.31 bits per heavy atom. The van der Waals surface area contributed by atoms with Gasteiger partial charge < -0.3 is 10.5 Å². The standard InChI is InChI=1S/C16H13ClF3N7O2/c1-29-15-22-6-8(7-23-15)27(14(21)28)13(9-3-2-4-12(17)24-9)10-5-11(26-25-10)16(18,19)20/h2-7,13H,1H3,(H2,21,28)(H,25,26). The molecule has 0 fully saturated rings. The Hall–Kier alpha value is -3.41. The number of ether oxygens (including phenoxy) is 1. The number of primary amides is 1. The monoisotopic (exact) mass is 427 g/mol. The predicted molar refractivity (Wildman–Crippen MR) is 95.3 cm³/mol. The average molecular weight is 428 g/mol. The highest BCUT2D eigenvalue weighted by Crippen LogP contribution is 2.34. The summed E-state index contributed by atoms with van der Waals surface area (Å²) in [6.45, 7) is 0. The van der Waals surface area contributed by atoms with Crippen LogP contribution in [0.15, 0.2) is 36.7 Å². The van der Waals surface area contributed by atoms with E-state index >= 15 is 0 Å². The lowest BCUT2D eigenvalue weighted by Crippen LogP contribution is -2.40. The molecule has 0 saturated carbocycles. The zero-order valence-corrected chi connectivity index (χ0v) is 15.4. The third-order valence-electron chi connectivity index (χ3n) is 3.77. The number of carbonyl (C=O) groups is 1. The fourth-order valence-electron chi connectivity index (χ4n) is 2.57. The third kappa shape index (κ3) is 4.37. The van der Waals surface area contributed by atoms with Crippen LogP contribution in [0.1, 0.15) is 23.1 Å². The lowest BCUT2D eigenvalue weighted by atomic mass is 10.1. The molecule has 9 nitrogen and oxygen atoms in total. The zero-order valence-electron chi connectivity index (χ0n) is 14.7. The van der Waals surface area contributed by atoms with Crippen molar-refractivity contribution in [2.24, 2.45) is 5.73 Å². The number of urea groups is 1. The maximum Gasteiger partial charge on any atom is 0.435 e. The number of aromatic amines is 1. The molecule has 0 spiro atoms. The van der Waals surface area contributed by atoms with Crippen molar-refractivity contribution in [2.75, 3.05) is 12.0 Å². The van der Waals surface area contributed by atoms with Crippen LogP contribution in [0.2, 0.25) is 5.15 Å². The fraction of sp³-hybridized carbons (Fsp3) is 0.188. The molecule has 3 heterocycles. The molecule has 3 aromatic rings. The molecule has 3 rings (SSSR count). The molecule has 3 aromatic heterocycles. The van der Waals surface area contributed by atoms with Gasteiger partial charge >= 0.3 is 18.2 Å². The van der Waals surface area contributed by atoms with E-state index in [9.17, 15) is 18.0 Å². The van der Waals surface area contributed by atoms with Crippen molar-refractivity contribution in [1.82, 2.24) is 25.1 Å². The Labute approximate surface area is 166 Å². The number of alkyl halides is 3. The minimum atomic E-state index is -4.69. The van der Waals surface area contributed by atoms with E-state index in [1.807, 2.05) is 0 Å². The van der Waals surface area contributed by atoms with Gasteiger partial charge in [0.2, 0.25) is 0 Å². The second-order valence-corrected chi connectivity index (χ2v) is 6.02. The van der Waals surface area contributed by atoms with Crippen LogP contribution in [0.25, 0.3) is 0 Å². The SMILES string of the molecule is COc1ncc(N(C(N)=O)C(c2cccc(Cl)n2)c2cc(C(F)(F)F)n[nH]2)cn1. The minimum Gasteiger partial charge on any atom is -0.467 e. The number of hydrogen-bond donors (Lipinski definition) is 2. The molecule has 152 valence electrons. The van der Waals surface area contributed by atoms with Crippen molar-refractivity contribution in [1.29, 1.82) is 0 Å². The molecule has 0 aliphatic heterocycles. The van der Waals surface area contributed by atoms with E-state index in [4.69, 9.17) is 22.1 Å². The van der Waals surface area contributed by atoms with Crippen molar-refractivity contribution in [2.45, 2.75) is 12.2 Å². The largest absolute Gasteiger partial charge is 0.467 e. The van der Waals surface area contributed by atoms with E-state index in [2.05, 4.69) is 25.1 Å². The van der Waals surface area contributed by atoms with Gasteiger partial charge in [0.1, 0.15) is 11.2 Å². The Morgan fingerprint density at radius 3 is 2.52 bits per heavy atom. The van der Waals surface area contributed by atoms with Gasteiger partial charge in [0.25, 0.3) is 0 Å². The van der Waals surface area contributed by atoms with Crippen molar-refractivity contribution < 1.29 is 22.7 Å². The van der Waals surface area contributed by atoms with Gasteiger partial charge in [-0.15, -0.1) is 0 Å². The molecule has 1 atom stereocenters. The van der Waals surface area contributed by atoms with E-state index < -0.39 is 23.9 Å². The normalized spacial score (nSPS) is 12.4. The summed E-state index contributed by atoms with van der Waals surface area (Å²) < 4.78 is 44.0. The van der Waals surface area contributed by atoms with E-state index in [0.29, 0.717) is 0 Å². The Balaban J connectivity index is 2.16. The number of aromatic nitrogens is 5. The number of H-pyrrole nitrogens is 1. The van der Waals surface area contributed by atoms with Crippen molar-refractivity contribution >= 4 is 23.3 Å². The molecule has 2 amide bonds. The highest BCUT2D eigenvalue weighted by molar-refractivity contribution is 6.29. The van der Waals surface area contributed by atoms with Crippen LogP contribution < -0.4 is 15.4 Å². The highest BCUT2D eigenvalue weighted by Gasteiger charge is 2.37. The molecular weight excluding hydrogens is 415 g/mol. The number of methoxy groups -OCH3 is 1. The average Bonchev–Trinajstić information content (AvgIpc) is 3.16. The lowest BCUT2D eigenvalue weighted by Gasteiger charge is -2.28. The molecule has 29 heavy (non-hydrogen) atoms. The number of nitrogens with two attached hydrogens (primary N) is 1. The quantitative estimate of drug-likeness (QED) is 0.603. The number of carbonyl (C=O) groups excluding carboxylic acids is 1. The van der Waals surface area contributed by atoms with Crippen LogP contribution in [0.3, 0.4) is 0 Å². The summed E-state index contributed by atoms with van der Waals surface area (Å²) in [5, 5.41) is 5.64. The van der Waals surface area contributed by atoms with Gasteiger partial charge in [0, 0.05) is 0 Å². The Morgan fingerprint density at radius 2 is 2.00 bits per heavy atom. The van der Waals surface area contributed by atoms with Crippen LogP contribution in [0, 0.1) is 0 Å². The molecule has 0 aromatic carbocycles. The molecular formula is C16H13ClF3N7O2. The summed E-state index contributed by atoms with van der Waals surface area (Å²) in [6, 6.07) is 3.06. The first kappa shape index (κ1) is 20.3. The fourth-order valence-corrected chi connectivity index (χ4v) is 2.74. The third-order valence-corrected chi connectivity index (χ3v) is 3.98. The minimum absolute atomic E-state index is 0.0245. The number of halogens is 4. The summed E-state index contributed by atoms with van der Waals surface area (Å²) in [5.41, 5.74) is 4.50. The zero-order chi connectivity index (χ0) is 21.2. The van der Waals surface area contributed by atoms with Crippen LogP contribution in [0.4, 0.5) is 23.7 Å². The van der Waals surface area contributed by atoms with Gasteiger partial charge in [-0.05, 0) is 18.2 Å². The molecule has 0 aliphatic rings. The number of anilines is 1. The molecule has 13 heteroatoms. The first-order chi connectivity index (χ1) is 13.7. The summed E-state index contributed by atoms with van der Waals surface area (Å²) in [7, 11) is 1.35. The van der Waals surface area contributed by atoms with Gasteiger partial charge in [-0.1, -0.05) is 17.7 Å². The first-order valence-electron chi connectivity index (χ1n) is 7.90. The van der Waals surface area contributed by atoms with Gasteiger partial charge in [-0.2, -0.15) is 18.3 Å². The van der Waals surface area contributed by atoms with Crippen LogP contribution in [-0.2, 0) is 6.18 Å². The molecule has 0 aliphatic carbocycles. The van der Waals surface area contributed by atoms with Crippen molar-refractivity contribution in [3.8, 4) is 6.01 Å². The molecule has 0 saturated heterocycles. The lowest BCUT2D eigenvalue weighted by molar-refractivity contribution is -0.141. The smallest absolute Gasteiger partial charge is 0.435 e. The van der Waals surface area contributed by atoms with Crippen LogP contribution in [0.5, 0.6) is 6.01 Å². The summed E-state index contributed by atoms with van der Waals surface area (Å²) >= 11 is 5.93.